The summed E-state index contributed by atoms with van der Waals surface area (Å²) in [7, 11) is -3.80. The molecule has 2 aromatic carbocycles. The Morgan fingerprint density at radius 2 is 1.80 bits per heavy atom. The van der Waals surface area contributed by atoms with E-state index in [4.69, 9.17) is 0 Å². The van der Waals surface area contributed by atoms with Crippen LogP contribution in [-0.4, -0.2) is 37.5 Å². The third-order valence-corrected chi connectivity index (χ3v) is 8.54. The van der Waals surface area contributed by atoms with Crippen molar-refractivity contribution in [2.45, 2.75) is 35.1 Å². The molecule has 0 spiro atoms. The molecule has 2 atom stereocenters. The molecule has 2 heterocycles. The van der Waals surface area contributed by atoms with Crippen molar-refractivity contribution in [3.63, 3.8) is 0 Å². The van der Waals surface area contributed by atoms with Crippen LogP contribution in [-0.2, 0) is 14.8 Å². The number of piperidine rings is 1. The summed E-state index contributed by atoms with van der Waals surface area (Å²) in [6, 6.07) is 9.00. The van der Waals surface area contributed by atoms with E-state index >= 15 is 0 Å². The number of halogens is 2. The molecular weight excluding hydrogens is 430 g/mol. The zero-order valence-corrected chi connectivity index (χ0v) is 17.8. The molecule has 0 radical (unpaired) electrons. The second kappa shape index (κ2) is 8.64. The van der Waals surface area contributed by atoms with Gasteiger partial charge in [0.2, 0.25) is 15.9 Å². The van der Waals surface area contributed by atoms with Gasteiger partial charge in [-0.05, 0) is 67.3 Å². The highest BCUT2D eigenvalue weighted by molar-refractivity contribution is 7.99. The lowest BCUT2D eigenvalue weighted by Gasteiger charge is -2.33. The predicted molar refractivity (Wildman–Crippen MR) is 111 cm³/mol. The highest BCUT2D eigenvalue weighted by atomic mass is 32.2. The van der Waals surface area contributed by atoms with Crippen molar-refractivity contribution in [2.24, 2.45) is 5.92 Å². The Kier molecular flexibility index (Phi) is 6.13. The molecule has 4 rings (SSSR count). The average Bonchev–Trinajstić information content (AvgIpc) is 2.74. The van der Waals surface area contributed by atoms with Crippen molar-refractivity contribution < 1.29 is 22.0 Å². The molecule has 0 aromatic heterocycles. The Balaban J connectivity index is 1.47. The van der Waals surface area contributed by atoms with Gasteiger partial charge in [-0.1, -0.05) is 0 Å². The maximum atomic E-state index is 13.7. The zero-order valence-electron chi connectivity index (χ0n) is 16.2. The van der Waals surface area contributed by atoms with Crippen LogP contribution in [0, 0.1) is 17.6 Å². The van der Waals surface area contributed by atoms with E-state index in [1.165, 1.54) is 28.6 Å². The van der Waals surface area contributed by atoms with E-state index < -0.39 is 21.8 Å². The number of rotatable bonds is 4. The number of nitrogens with one attached hydrogen (secondary N) is 1. The van der Waals surface area contributed by atoms with Crippen LogP contribution < -0.4 is 5.32 Å². The summed E-state index contributed by atoms with van der Waals surface area (Å²) in [5, 5.41) is 3.00. The fraction of sp³-hybridized carbons (Fsp3) is 0.381. The van der Waals surface area contributed by atoms with E-state index in [0.29, 0.717) is 25.8 Å². The van der Waals surface area contributed by atoms with Crippen molar-refractivity contribution in [1.82, 2.24) is 9.62 Å². The summed E-state index contributed by atoms with van der Waals surface area (Å²) in [4.78, 5) is 13.9. The summed E-state index contributed by atoms with van der Waals surface area (Å²) in [6.07, 6.45) is 1.83. The largest absolute Gasteiger partial charge is 0.349 e. The summed E-state index contributed by atoms with van der Waals surface area (Å²) in [6.45, 7) is 0.390. The minimum Gasteiger partial charge on any atom is -0.349 e. The number of carbonyl (C=O) groups is 1. The van der Waals surface area contributed by atoms with Gasteiger partial charge in [-0.15, -0.1) is 11.8 Å². The van der Waals surface area contributed by atoms with Crippen molar-refractivity contribution in [1.29, 1.82) is 0 Å². The Labute approximate surface area is 178 Å². The molecule has 2 unspecified atom stereocenters. The van der Waals surface area contributed by atoms with Crippen molar-refractivity contribution in [2.75, 3.05) is 18.8 Å². The maximum absolute atomic E-state index is 13.7. The number of amides is 1. The smallest absolute Gasteiger partial charge is 0.243 e. The zero-order chi connectivity index (χ0) is 21.3. The monoisotopic (exact) mass is 452 g/mol. The number of carbonyl (C=O) groups excluding carboxylic acids is 1. The number of hydrogen-bond donors (Lipinski definition) is 1. The second-order valence-electron chi connectivity index (χ2n) is 7.54. The first-order chi connectivity index (χ1) is 14.3. The van der Waals surface area contributed by atoms with E-state index in [-0.39, 0.29) is 29.2 Å². The molecule has 2 aromatic rings. The number of benzene rings is 2. The predicted octanol–water partition coefficient (Wildman–Crippen LogP) is 3.72. The van der Waals surface area contributed by atoms with Gasteiger partial charge in [0.05, 0.1) is 16.9 Å². The number of fused-ring (bicyclic) bond motifs is 1. The van der Waals surface area contributed by atoms with Crippen LogP contribution in [0.3, 0.4) is 0 Å². The average molecular weight is 453 g/mol. The summed E-state index contributed by atoms with van der Waals surface area (Å²) < 4.78 is 53.9. The molecule has 0 aliphatic carbocycles. The molecule has 1 N–H and O–H groups in total. The highest BCUT2D eigenvalue weighted by Gasteiger charge is 2.34. The van der Waals surface area contributed by atoms with E-state index in [9.17, 15) is 22.0 Å². The van der Waals surface area contributed by atoms with Gasteiger partial charge in [-0.3, -0.25) is 4.79 Å². The second-order valence-corrected chi connectivity index (χ2v) is 10.6. The van der Waals surface area contributed by atoms with Gasteiger partial charge in [0.15, 0.2) is 0 Å². The molecule has 30 heavy (non-hydrogen) atoms. The minimum absolute atomic E-state index is 0.0127. The van der Waals surface area contributed by atoms with Gasteiger partial charge in [0.25, 0.3) is 0 Å². The van der Waals surface area contributed by atoms with E-state index in [1.54, 1.807) is 17.8 Å². The SMILES string of the molecule is O=C(NC1CCSc2ccc(F)cc21)C1CCCN(S(=O)(=O)c2ccc(F)cc2)C1. The third kappa shape index (κ3) is 4.38. The van der Waals surface area contributed by atoms with Gasteiger partial charge in [-0.2, -0.15) is 4.31 Å². The van der Waals surface area contributed by atoms with Crippen LogP contribution in [0.1, 0.15) is 30.9 Å². The quantitative estimate of drug-likeness (QED) is 0.768. The maximum Gasteiger partial charge on any atom is 0.243 e. The summed E-state index contributed by atoms with van der Waals surface area (Å²) >= 11 is 1.63. The first-order valence-corrected chi connectivity index (χ1v) is 12.3. The molecule has 1 amide bonds. The first-order valence-electron chi connectivity index (χ1n) is 9.83. The van der Waals surface area contributed by atoms with Crippen LogP contribution in [0.4, 0.5) is 8.78 Å². The van der Waals surface area contributed by atoms with Crippen molar-refractivity contribution in [3.05, 3.63) is 59.7 Å². The Hall–Kier alpha value is -1.97. The standard InChI is InChI=1S/C21H22F2N2O3S2/c22-15-3-6-17(7-4-15)30(27,28)25-10-1-2-14(13-25)21(26)24-19-9-11-29-20-8-5-16(23)12-18(19)20/h3-8,12,14,19H,1-2,9-11,13H2,(H,24,26). The number of sulfonamides is 1. The fourth-order valence-electron chi connectivity index (χ4n) is 3.94. The van der Waals surface area contributed by atoms with E-state index in [1.807, 2.05) is 0 Å². The van der Waals surface area contributed by atoms with Crippen LogP contribution >= 0.6 is 11.8 Å². The molecule has 1 fully saturated rings. The van der Waals surface area contributed by atoms with Gasteiger partial charge in [0, 0.05) is 23.7 Å². The minimum atomic E-state index is -3.80. The van der Waals surface area contributed by atoms with Crippen LogP contribution in [0.5, 0.6) is 0 Å². The van der Waals surface area contributed by atoms with Crippen LogP contribution in [0.15, 0.2) is 52.3 Å². The lowest BCUT2D eigenvalue weighted by molar-refractivity contribution is -0.126. The van der Waals surface area contributed by atoms with Gasteiger partial charge >= 0.3 is 0 Å². The molecule has 2 aliphatic heterocycles. The molecule has 9 heteroatoms. The lowest BCUT2D eigenvalue weighted by Crippen LogP contribution is -2.46. The fourth-order valence-corrected chi connectivity index (χ4v) is 6.56. The molecule has 5 nitrogen and oxygen atoms in total. The topological polar surface area (TPSA) is 66.5 Å². The molecule has 1 saturated heterocycles. The Morgan fingerprint density at radius 3 is 2.57 bits per heavy atom. The van der Waals surface area contributed by atoms with Crippen molar-refractivity contribution in [3.8, 4) is 0 Å². The first kappa shape index (κ1) is 21.3. The van der Waals surface area contributed by atoms with Gasteiger partial charge in [0.1, 0.15) is 11.6 Å². The van der Waals surface area contributed by atoms with Crippen LogP contribution in [0.2, 0.25) is 0 Å². The van der Waals surface area contributed by atoms with E-state index in [0.717, 1.165) is 28.3 Å². The normalized spacial score (nSPS) is 22.3. The molecular formula is C21H22F2N2O3S2. The Bertz CT molecular complexity index is 1040. The van der Waals surface area contributed by atoms with Crippen LogP contribution in [0.25, 0.3) is 0 Å². The molecule has 0 bridgehead atoms. The van der Waals surface area contributed by atoms with Crippen molar-refractivity contribution >= 4 is 27.7 Å². The molecule has 0 saturated carbocycles. The summed E-state index contributed by atoms with van der Waals surface area (Å²) in [5.74, 6) is -0.738. The number of nitrogens with zero attached hydrogens (tertiary/aromatic N) is 1. The third-order valence-electron chi connectivity index (χ3n) is 5.53. The number of thioether (sulfide) groups is 1. The summed E-state index contributed by atoms with van der Waals surface area (Å²) in [5.41, 5.74) is 0.770. The lowest BCUT2D eigenvalue weighted by atomic mass is 9.97. The van der Waals surface area contributed by atoms with Gasteiger partial charge in [-0.25, -0.2) is 17.2 Å². The Morgan fingerprint density at radius 1 is 1.07 bits per heavy atom. The van der Waals surface area contributed by atoms with E-state index in [2.05, 4.69) is 5.32 Å². The number of hydrogen-bond acceptors (Lipinski definition) is 4. The molecule has 160 valence electrons. The highest BCUT2D eigenvalue weighted by Crippen LogP contribution is 2.37. The van der Waals surface area contributed by atoms with Gasteiger partial charge < -0.3 is 5.32 Å². The molecule has 2 aliphatic rings.